The van der Waals surface area contributed by atoms with Gasteiger partial charge in [0.2, 0.25) is 0 Å². The van der Waals surface area contributed by atoms with Gasteiger partial charge in [-0.25, -0.2) is 9.59 Å². The van der Waals surface area contributed by atoms with Crippen molar-refractivity contribution < 1.29 is 69.4 Å². The first kappa shape index (κ1) is 36.0. The molecular weight excluding hydrogens is 546 g/mol. The zero-order chi connectivity index (χ0) is 29.1. The van der Waals surface area contributed by atoms with Crippen LogP contribution >= 0.6 is 0 Å². The molecule has 0 aliphatic heterocycles. The van der Waals surface area contributed by atoms with Gasteiger partial charge in [-0.3, -0.25) is 4.79 Å². The number of aliphatic hydroxyl groups is 1. The normalized spacial score (nSPS) is 39.0. The molecule has 3 radical (unpaired) electrons. The number of ether oxygens (including phenoxy) is 4. The van der Waals surface area contributed by atoms with Crippen LogP contribution in [0.1, 0.15) is 107 Å². The van der Waals surface area contributed by atoms with E-state index in [0.29, 0.717) is 29.5 Å². The van der Waals surface area contributed by atoms with Crippen molar-refractivity contribution in [3.8, 4) is 0 Å². The number of carbonyl (C=O) groups excluding carboxylic acids is 3. The van der Waals surface area contributed by atoms with Crippen molar-refractivity contribution >= 4 is 26.1 Å². The minimum Gasteiger partial charge on any atom is -1.00 e. The molecule has 0 saturated heterocycles. The Morgan fingerprint density at radius 2 is 1.12 bits per heavy atom. The van der Waals surface area contributed by atoms with Gasteiger partial charge in [0.05, 0.1) is 17.3 Å². The summed E-state index contributed by atoms with van der Waals surface area (Å²) in [5, 5.41) is 10.2. The van der Waals surface area contributed by atoms with Crippen LogP contribution in [-0.2, 0) is 33.3 Å². The maximum absolute atomic E-state index is 12.1. The van der Waals surface area contributed by atoms with Crippen LogP contribution in [0, 0.1) is 35.5 Å². The number of esters is 2. The molecule has 8 aliphatic carbocycles. The Morgan fingerprint density at radius 1 is 0.738 bits per heavy atom. The van der Waals surface area contributed by atoms with Gasteiger partial charge in [-0.15, -0.1) is 0 Å². The van der Waals surface area contributed by atoms with E-state index >= 15 is 0 Å². The topological polar surface area (TPSA) is 108 Å². The van der Waals surface area contributed by atoms with Crippen molar-refractivity contribution in [2.45, 2.75) is 134 Å². The summed E-state index contributed by atoms with van der Waals surface area (Å²) in [6.45, 7) is 11.2. The summed E-state index contributed by atoms with van der Waals surface area (Å²) in [7, 11) is 0. The predicted octanol–water partition coefficient (Wildman–Crippen LogP) is 1.51. The van der Waals surface area contributed by atoms with Crippen LogP contribution in [0.2, 0.25) is 0 Å². The molecule has 8 saturated carbocycles. The number of Topliss-reactive ketones (excluding diaryl/α,β-unsaturated/α-hetero) is 1. The molecule has 0 amide bonds. The maximum atomic E-state index is 12.1. The first-order valence-corrected chi connectivity index (χ1v) is 15.5. The number of hydrogen-bond acceptors (Lipinski definition) is 8. The van der Waals surface area contributed by atoms with Crippen molar-refractivity contribution in [1.82, 2.24) is 0 Å². The molecule has 42 heavy (non-hydrogen) atoms. The van der Waals surface area contributed by atoms with E-state index in [-0.39, 0.29) is 93.7 Å². The molecule has 8 fully saturated rings. The summed E-state index contributed by atoms with van der Waals surface area (Å²) < 4.78 is 22.6. The summed E-state index contributed by atoms with van der Waals surface area (Å²) in [6, 6.07) is 0. The van der Waals surface area contributed by atoms with Crippen LogP contribution < -0.4 is 29.6 Å². The molecule has 8 nitrogen and oxygen atoms in total. The Morgan fingerprint density at radius 3 is 1.52 bits per heavy atom. The molecule has 0 aromatic carbocycles. The van der Waals surface area contributed by atoms with Crippen LogP contribution in [0.3, 0.4) is 0 Å². The fourth-order valence-electron chi connectivity index (χ4n) is 9.12. The minimum absolute atomic E-state index is 0. The molecule has 10 heteroatoms. The van der Waals surface area contributed by atoms with E-state index in [1.807, 2.05) is 41.5 Å². The number of carbonyl (C=O) groups is 3. The van der Waals surface area contributed by atoms with E-state index in [0.717, 1.165) is 64.2 Å². The molecule has 8 rings (SSSR count). The largest absolute Gasteiger partial charge is 1.00 e. The first-order valence-electron chi connectivity index (χ1n) is 15.5. The molecular formula is C32H51BNaO8. The molecule has 4 atom stereocenters. The van der Waals surface area contributed by atoms with Crippen LogP contribution in [0.5, 0.6) is 0 Å². The van der Waals surface area contributed by atoms with Crippen molar-refractivity contribution in [2.75, 3.05) is 13.2 Å². The zero-order valence-corrected chi connectivity index (χ0v) is 28.9. The number of rotatable bonds is 6. The Labute approximate surface area is 277 Å². The molecule has 8 bridgehead atoms. The second-order valence-electron chi connectivity index (χ2n) is 15.8. The van der Waals surface area contributed by atoms with Crippen molar-refractivity contribution in [3.63, 3.8) is 0 Å². The Hall–Kier alpha value is -0.445. The van der Waals surface area contributed by atoms with Gasteiger partial charge >= 0.3 is 41.5 Å². The van der Waals surface area contributed by atoms with E-state index < -0.39 is 11.2 Å². The van der Waals surface area contributed by atoms with Crippen molar-refractivity contribution in [1.29, 1.82) is 0 Å². The Kier molecular flexibility index (Phi) is 11.3. The van der Waals surface area contributed by atoms with Gasteiger partial charge in [0, 0.05) is 20.2 Å². The van der Waals surface area contributed by atoms with Crippen LogP contribution in [-0.4, -0.2) is 73.0 Å². The third-order valence-corrected chi connectivity index (χ3v) is 9.94. The van der Waals surface area contributed by atoms with E-state index in [1.54, 1.807) is 0 Å². The van der Waals surface area contributed by atoms with Crippen LogP contribution in [0.25, 0.3) is 0 Å². The fraction of sp³-hybridized carbons (Fsp3) is 0.906. The predicted molar refractivity (Wildman–Crippen MR) is 154 cm³/mol. The molecule has 231 valence electrons. The average Bonchev–Trinajstić information content (AvgIpc) is 2.81. The molecule has 0 heterocycles. The quantitative estimate of drug-likeness (QED) is 0.363. The van der Waals surface area contributed by atoms with Crippen LogP contribution in [0.15, 0.2) is 0 Å². The van der Waals surface area contributed by atoms with E-state index in [9.17, 15) is 19.5 Å². The van der Waals surface area contributed by atoms with E-state index in [4.69, 9.17) is 18.9 Å². The number of ketones is 1. The Bertz CT molecular complexity index is 976. The molecule has 1 N–H and O–H groups in total. The van der Waals surface area contributed by atoms with E-state index in [2.05, 4.69) is 0 Å². The first-order chi connectivity index (χ1) is 18.5. The standard InChI is InChI=1S/C16H26O4.C16H24O4.B.Na.H/c2*1-15(2,3)20-13(17)9-19-16-6-10-4-11(7-16)14(18)12(5-10)8-16;;;/h10-12,14,18H,4-9H2,1-3H3;10-12H,4-9H2,1-3H3;;;/q;;;+1;-1. The van der Waals surface area contributed by atoms with Gasteiger partial charge in [-0.2, -0.15) is 0 Å². The van der Waals surface area contributed by atoms with Gasteiger partial charge in [0.15, 0.2) is 0 Å². The Balaban J connectivity index is 0.000000281. The minimum atomic E-state index is -0.474. The molecule has 4 unspecified atom stereocenters. The zero-order valence-electron chi connectivity index (χ0n) is 27.9. The fourth-order valence-corrected chi connectivity index (χ4v) is 9.12. The summed E-state index contributed by atoms with van der Waals surface area (Å²) in [5.41, 5.74) is -1.34. The van der Waals surface area contributed by atoms with Gasteiger partial charge in [0.25, 0.3) is 0 Å². The SMILES string of the molecule is CC(C)(C)OC(=O)COC12CC3CC(C1)C(=O)C(C3)C2.CC(C)(C)OC(=O)COC12CC3CC(C1)C(O)C(C3)C2.[B].[H-].[Na+]. The number of aliphatic hydroxyl groups excluding tert-OH is 1. The van der Waals surface area contributed by atoms with Gasteiger partial charge in [-0.1, -0.05) is 0 Å². The summed E-state index contributed by atoms with van der Waals surface area (Å²) in [5.74, 6) is 2.25. The van der Waals surface area contributed by atoms with Crippen molar-refractivity contribution in [3.05, 3.63) is 0 Å². The van der Waals surface area contributed by atoms with Gasteiger partial charge in [-0.05, 0) is 129 Å². The molecule has 0 aromatic rings. The third-order valence-electron chi connectivity index (χ3n) is 9.94. The summed E-state index contributed by atoms with van der Waals surface area (Å²) >= 11 is 0. The monoisotopic (exact) mass is 597 g/mol. The summed E-state index contributed by atoms with van der Waals surface area (Å²) in [4.78, 5) is 35.7. The van der Waals surface area contributed by atoms with Crippen LogP contribution in [0.4, 0.5) is 0 Å². The molecule has 8 aliphatic rings. The van der Waals surface area contributed by atoms with Gasteiger partial charge in [0.1, 0.15) is 30.2 Å². The smallest absolute Gasteiger partial charge is 1.00 e. The van der Waals surface area contributed by atoms with Gasteiger partial charge < -0.3 is 25.5 Å². The second kappa shape index (κ2) is 13.1. The summed E-state index contributed by atoms with van der Waals surface area (Å²) in [6.07, 6.45) is 9.68. The number of hydrogen-bond donors (Lipinski definition) is 1. The van der Waals surface area contributed by atoms with E-state index in [1.165, 1.54) is 0 Å². The average molecular weight is 598 g/mol. The molecule has 0 spiro atoms. The van der Waals surface area contributed by atoms with Crippen molar-refractivity contribution in [2.24, 2.45) is 35.5 Å². The maximum Gasteiger partial charge on any atom is 1.00 e. The second-order valence-corrected chi connectivity index (χ2v) is 15.8. The molecule has 0 aromatic heterocycles. The third kappa shape index (κ3) is 8.42.